The summed E-state index contributed by atoms with van der Waals surface area (Å²) in [7, 11) is 5.29. The first kappa shape index (κ1) is 11.3. The largest absolute Gasteiger partial charge is 0.466 e. The van der Waals surface area contributed by atoms with Crippen LogP contribution in [0.25, 0.3) is 6.08 Å². The van der Waals surface area contributed by atoms with Crippen molar-refractivity contribution < 1.29 is 9.53 Å². The Bertz CT molecular complexity index is 370. The summed E-state index contributed by atoms with van der Waals surface area (Å²) < 4.78 is 4.53. The van der Waals surface area contributed by atoms with E-state index in [9.17, 15) is 4.79 Å². The van der Waals surface area contributed by atoms with Gasteiger partial charge in [-0.25, -0.2) is 4.79 Å². The molecule has 0 aliphatic heterocycles. The van der Waals surface area contributed by atoms with Gasteiger partial charge in [0.1, 0.15) is 0 Å². The summed E-state index contributed by atoms with van der Waals surface area (Å²) in [5, 5.41) is 0. The zero-order chi connectivity index (χ0) is 11.3. The number of para-hydroxylation sites is 1. The summed E-state index contributed by atoms with van der Waals surface area (Å²) in [6.07, 6.45) is 3.17. The Morgan fingerprint density at radius 1 is 1.33 bits per heavy atom. The molecule has 0 heterocycles. The van der Waals surface area contributed by atoms with E-state index in [2.05, 4.69) is 4.74 Å². The fourth-order valence-corrected chi connectivity index (χ4v) is 1.26. The van der Waals surface area contributed by atoms with Crippen LogP contribution in [-0.4, -0.2) is 27.2 Å². The maximum Gasteiger partial charge on any atom is 0.330 e. The van der Waals surface area contributed by atoms with Gasteiger partial charge in [0.05, 0.1) is 7.11 Å². The lowest BCUT2D eigenvalue weighted by Crippen LogP contribution is -2.09. The van der Waals surface area contributed by atoms with Crippen molar-refractivity contribution in [2.45, 2.75) is 0 Å². The fraction of sp³-hybridized carbons (Fsp3) is 0.250. The van der Waals surface area contributed by atoms with Crippen LogP contribution in [0, 0.1) is 0 Å². The maximum absolute atomic E-state index is 10.9. The molecule has 0 radical (unpaired) electrons. The number of methoxy groups -OCH3 is 1. The molecule has 3 heteroatoms. The molecule has 0 amide bonds. The quantitative estimate of drug-likeness (QED) is 0.558. The molecule has 0 aliphatic rings. The van der Waals surface area contributed by atoms with Crippen LogP contribution in [0.3, 0.4) is 0 Å². The highest BCUT2D eigenvalue weighted by molar-refractivity contribution is 5.88. The van der Waals surface area contributed by atoms with E-state index in [1.165, 1.54) is 13.2 Å². The van der Waals surface area contributed by atoms with Crippen LogP contribution in [0.2, 0.25) is 0 Å². The molecule has 0 unspecified atom stereocenters. The van der Waals surface area contributed by atoms with Crippen molar-refractivity contribution in [3.05, 3.63) is 35.9 Å². The van der Waals surface area contributed by atoms with Gasteiger partial charge in [-0.2, -0.15) is 0 Å². The molecule has 0 bridgehead atoms. The van der Waals surface area contributed by atoms with E-state index in [1.54, 1.807) is 6.08 Å². The summed E-state index contributed by atoms with van der Waals surface area (Å²) in [5.74, 6) is -0.344. The number of ether oxygens (including phenoxy) is 1. The topological polar surface area (TPSA) is 29.5 Å². The van der Waals surface area contributed by atoms with Crippen LogP contribution in [0.15, 0.2) is 30.3 Å². The fourth-order valence-electron chi connectivity index (χ4n) is 1.26. The number of anilines is 1. The first-order valence-electron chi connectivity index (χ1n) is 4.67. The van der Waals surface area contributed by atoms with Gasteiger partial charge in [0.25, 0.3) is 0 Å². The van der Waals surface area contributed by atoms with Crippen molar-refractivity contribution in [3.63, 3.8) is 0 Å². The van der Waals surface area contributed by atoms with Crippen molar-refractivity contribution >= 4 is 17.7 Å². The Morgan fingerprint density at radius 2 is 2.00 bits per heavy atom. The Hall–Kier alpha value is -1.77. The van der Waals surface area contributed by atoms with Crippen LogP contribution in [0.5, 0.6) is 0 Å². The van der Waals surface area contributed by atoms with E-state index >= 15 is 0 Å². The number of rotatable bonds is 3. The molecule has 0 aromatic heterocycles. The van der Waals surface area contributed by atoms with E-state index in [4.69, 9.17) is 0 Å². The van der Waals surface area contributed by atoms with Crippen molar-refractivity contribution in [3.8, 4) is 0 Å². The molecule has 3 nitrogen and oxygen atoms in total. The van der Waals surface area contributed by atoms with E-state index < -0.39 is 0 Å². The third-order valence-electron chi connectivity index (χ3n) is 2.02. The highest BCUT2D eigenvalue weighted by atomic mass is 16.5. The number of hydrogen-bond acceptors (Lipinski definition) is 3. The van der Waals surface area contributed by atoms with Crippen LogP contribution < -0.4 is 4.90 Å². The summed E-state index contributed by atoms with van der Waals surface area (Å²) in [4.78, 5) is 12.9. The SMILES string of the molecule is COC(=O)C=Cc1ccccc1N(C)C. The van der Waals surface area contributed by atoms with E-state index in [0.29, 0.717) is 0 Å². The predicted octanol–water partition coefficient (Wildman–Crippen LogP) is 1.94. The number of carbonyl (C=O) groups excluding carboxylic acids is 1. The molecular weight excluding hydrogens is 190 g/mol. The maximum atomic E-state index is 10.9. The molecule has 1 aromatic carbocycles. The van der Waals surface area contributed by atoms with Gasteiger partial charge in [-0.05, 0) is 17.7 Å². The van der Waals surface area contributed by atoms with Crippen molar-refractivity contribution in [1.82, 2.24) is 0 Å². The van der Waals surface area contributed by atoms with Crippen LogP contribution in [0.1, 0.15) is 5.56 Å². The van der Waals surface area contributed by atoms with Gasteiger partial charge in [-0.3, -0.25) is 0 Å². The highest BCUT2D eigenvalue weighted by Crippen LogP contribution is 2.19. The lowest BCUT2D eigenvalue weighted by Gasteiger charge is -2.14. The molecule has 0 atom stereocenters. The van der Waals surface area contributed by atoms with Gasteiger partial charge in [0.2, 0.25) is 0 Å². The summed E-state index contributed by atoms with van der Waals surface area (Å²) >= 11 is 0. The molecule has 0 aliphatic carbocycles. The first-order chi connectivity index (χ1) is 7.15. The Balaban J connectivity index is 2.94. The Labute approximate surface area is 90.0 Å². The second-order valence-electron chi connectivity index (χ2n) is 3.31. The molecule has 0 saturated heterocycles. The van der Waals surface area contributed by atoms with Crippen molar-refractivity contribution in [1.29, 1.82) is 0 Å². The highest BCUT2D eigenvalue weighted by Gasteiger charge is 2.00. The third kappa shape index (κ3) is 3.13. The third-order valence-corrected chi connectivity index (χ3v) is 2.02. The van der Waals surface area contributed by atoms with Gasteiger partial charge in [-0.15, -0.1) is 0 Å². The van der Waals surface area contributed by atoms with Gasteiger partial charge < -0.3 is 9.64 Å². The molecule has 15 heavy (non-hydrogen) atoms. The lowest BCUT2D eigenvalue weighted by molar-refractivity contribution is -0.134. The number of carbonyl (C=O) groups is 1. The number of benzene rings is 1. The van der Waals surface area contributed by atoms with E-state index in [1.807, 2.05) is 43.3 Å². The lowest BCUT2D eigenvalue weighted by atomic mass is 10.1. The summed E-state index contributed by atoms with van der Waals surface area (Å²) in [6.45, 7) is 0. The number of hydrogen-bond donors (Lipinski definition) is 0. The average molecular weight is 205 g/mol. The second-order valence-corrected chi connectivity index (χ2v) is 3.31. The van der Waals surface area contributed by atoms with Crippen molar-refractivity contribution in [2.75, 3.05) is 26.1 Å². The van der Waals surface area contributed by atoms with E-state index in [0.717, 1.165) is 11.3 Å². The van der Waals surface area contributed by atoms with Gasteiger partial charge in [0.15, 0.2) is 0 Å². The summed E-state index contributed by atoms with van der Waals surface area (Å²) in [6, 6.07) is 7.85. The second kappa shape index (κ2) is 5.20. The molecule has 0 spiro atoms. The minimum absolute atomic E-state index is 0.344. The van der Waals surface area contributed by atoms with Crippen LogP contribution in [0.4, 0.5) is 5.69 Å². The molecule has 0 saturated carbocycles. The Kier molecular flexibility index (Phi) is 3.92. The number of nitrogens with zero attached hydrogens (tertiary/aromatic N) is 1. The van der Waals surface area contributed by atoms with Crippen LogP contribution >= 0.6 is 0 Å². The standard InChI is InChI=1S/C12H15NO2/c1-13(2)11-7-5-4-6-10(11)8-9-12(14)15-3/h4-9H,1-3H3. The van der Waals surface area contributed by atoms with Crippen molar-refractivity contribution in [2.24, 2.45) is 0 Å². The van der Waals surface area contributed by atoms with Gasteiger partial charge in [0, 0.05) is 25.9 Å². The van der Waals surface area contributed by atoms with Gasteiger partial charge in [-0.1, -0.05) is 18.2 Å². The molecular formula is C12H15NO2. The normalized spacial score (nSPS) is 10.3. The minimum atomic E-state index is -0.344. The average Bonchev–Trinajstić information content (AvgIpc) is 2.26. The smallest absolute Gasteiger partial charge is 0.330 e. The molecule has 1 aromatic rings. The molecule has 0 N–H and O–H groups in total. The number of esters is 1. The Morgan fingerprint density at radius 3 is 2.60 bits per heavy atom. The zero-order valence-corrected chi connectivity index (χ0v) is 9.23. The van der Waals surface area contributed by atoms with Gasteiger partial charge >= 0.3 is 5.97 Å². The molecule has 1 rings (SSSR count). The first-order valence-corrected chi connectivity index (χ1v) is 4.67. The minimum Gasteiger partial charge on any atom is -0.466 e. The molecule has 80 valence electrons. The monoisotopic (exact) mass is 205 g/mol. The predicted molar refractivity (Wildman–Crippen MR) is 61.8 cm³/mol. The zero-order valence-electron chi connectivity index (χ0n) is 9.23. The molecule has 0 fully saturated rings. The summed E-state index contributed by atoms with van der Waals surface area (Å²) in [5.41, 5.74) is 2.06. The van der Waals surface area contributed by atoms with Crippen LogP contribution in [-0.2, 0) is 9.53 Å². The van der Waals surface area contributed by atoms with E-state index in [-0.39, 0.29) is 5.97 Å².